The van der Waals surface area contributed by atoms with Gasteiger partial charge in [0.25, 0.3) is 0 Å². The minimum Gasteiger partial charge on any atom is -0.373 e. The molecule has 0 aliphatic heterocycles. The van der Waals surface area contributed by atoms with Crippen LogP contribution in [0.15, 0.2) is 4.47 Å². The molecule has 0 saturated carbocycles. The van der Waals surface area contributed by atoms with Gasteiger partial charge in [-0.1, -0.05) is 0 Å². The Kier molecular flexibility index (Phi) is 6.61. The van der Waals surface area contributed by atoms with Crippen molar-refractivity contribution >= 4 is 15.9 Å². The molecule has 9 heteroatoms. The van der Waals surface area contributed by atoms with Gasteiger partial charge in [-0.2, -0.15) is 13.9 Å². The van der Waals surface area contributed by atoms with E-state index in [1.54, 1.807) is 4.68 Å². The van der Waals surface area contributed by atoms with Gasteiger partial charge in [0.15, 0.2) is 0 Å². The van der Waals surface area contributed by atoms with Crippen molar-refractivity contribution in [3.8, 4) is 0 Å². The lowest BCUT2D eigenvalue weighted by molar-refractivity contribution is -0.166. The molecule has 0 aromatic carbocycles. The molecule has 0 saturated heterocycles. The quantitative estimate of drug-likeness (QED) is 0.710. The Morgan fingerprint density at radius 2 is 2.05 bits per heavy atom. The largest absolute Gasteiger partial charge is 0.373 e. The van der Waals surface area contributed by atoms with Crippen LogP contribution < -0.4 is 5.73 Å². The van der Waals surface area contributed by atoms with Crippen molar-refractivity contribution in [2.75, 3.05) is 13.2 Å². The Morgan fingerprint density at radius 3 is 2.57 bits per heavy atom. The van der Waals surface area contributed by atoms with Gasteiger partial charge in [0.2, 0.25) is 0 Å². The second-order valence-electron chi connectivity index (χ2n) is 4.70. The smallest absolute Gasteiger partial charge is 0.330 e. The number of hydrogen-bond acceptors (Lipinski definition) is 3. The van der Waals surface area contributed by atoms with Gasteiger partial charge in [-0.15, -0.1) is 0 Å². The summed E-state index contributed by atoms with van der Waals surface area (Å²) in [6.45, 7) is 2.80. The van der Waals surface area contributed by atoms with E-state index in [1.807, 2.05) is 13.8 Å². The minimum atomic E-state index is -4.15. The molecular formula is C12H18BrF4N3O. The second-order valence-corrected chi connectivity index (χ2v) is 5.50. The molecule has 1 atom stereocenters. The number of nitrogens with zero attached hydrogens (tertiary/aromatic N) is 2. The number of ether oxygens (including phenoxy) is 1. The van der Waals surface area contributed by atoms with Crippen LogP contribution in [0.25, 0.3) is 0 Å². The van der Waals surface area contributed by atoms with E-state index in [2.05, 4.69) is 25.8 Å². The van der Waals surface area contributed by atoms with E-state index in [9.17, 15) is 17.6 Å². The molecule has 1 heterocycles. The Bertz CT molecular complexity index is 468. The van der Waals surface area contributed by atoms with Crippen LogP contribution in [0.4, 0.5) is 17.6 Å². The summed E-state index contributed by atoms with van der Waals surface area (Å²) in [7, 11) is 0. The highest BCUT2D eigenvalue weighted by atomic mass is 79.9. The van der Waals surface area contributed by atoms with Crippen molar-refractivity contribution < 1.29 is 22.3 Å². The average Bonchev–Trinajstić information content (AvgIpc) is 2.66. The molecule has 122 valence electrons. The van der Waals surface area contributed by atoms with Crippen LogP contribution in [0.2, 0.25) is 0 Å². The Balaban J connectivity index is 2.53. The van der Waals surface area contributed by atoms with Gasteiger partial charge in [0.05, 0.1) is 22.5 Å². The first-order valence-corrected chi connectivity index (χ1v) is 7.19. The first kappa shape index (κ1) is 18.4. The predicted molar refractivity (Wildman–Crippen MR) is 73.8 cm³/mol. The number of alkyl halides is 4. The standard InChI is InChI=1S/C12H18BrF4N3O/c1-3-20-9(10(13)7(2)19-20)4-8(18)5-21-6-12(16,17)11(14)15/h8,11H,3-6,18H2,1-2H3. The molecule has 1 aromatic rings. The van der Waals surface area contributed by atoms with Gasteiger partial charge in [0, 0.05) is 19.0 Å². The number of aryl methyl sites for hydroxylation is 2. The molecule has 0 radical (unpaired) electrons. The number of halogens is 5. The van der Waals surface area contributed by atoms with Crippen LogP contribution in [-0.4, -0.2) is 41.4 Å². The van der Waals surface area contributed by atoms with Crippen molar-refractivity contribution in [3.05, 3.63) is 15.9 Å². The van der Waals surface area contributed by atoms with Gasteiger partial charge in [-0.3, -0.25) is 4.68 Å². The summed E-state index contributed by atoms with van der Waals surface area (Å²) in [5.41, 5.74) is 7.41. The van der Waals surface area contributed by atoms with Crippen molar-refractivity contribution in [2.45, 2.75) is 45.2 Å². The highest BCUT2D eigenvalue weighted by Gasteiger charge is 2.41. The third kappa shape index (κ3) is 4.93. The van der Waals surface area contributed by atoms with Gasteiger partial charge in [-0.25, -0.2) is 8.78 Å². The number of hydrogen-bond donors (Lipinski definition) is 1. The van der Waals surface area contributed by atoms with E-state index in [0.717, 1.165) is 15.9 Å². The maximum absolute atomic E-state index is 12.7. The molecule has 1 rings (SSSR count). The summed E-state index contributed by atoms with van der Waals surface area (Å²) in [4.78, 5) is 0. The molecule has 1 aromatic heterocycles. The lowest BCUT2D eigenvalue weighted by Gasteiger charge is -2.18. The third-order valence-corrected chi connectivity index (χ3v) is 3.89. The lowest BCUT2D eigenvalue weighted by atomic mass is 10.1. The zero-order chi connectivity index (χ0) is 16.2. The summed E-state index contributed by atoms with van der Waals surface area (Å²) in [6, 6.07) is -0.587. The Morgan fingerprint density at radius 1 is 1.43 bits per heavy atom. The van der Waals surface area contributed by atoms with Gasteiger partial charge in [-0.05, 0) is 29.8 Å². The number of aromatic nitrogens is 2. The van der Waals surface area contributed by atoms with Crippen LogP contribution in [0.5, 0.6) is 0 Å². The van der Waals surface area contributed by atoms with Crippen molar-refractivity contribution in [1.29, 1.82) is 0 Å². The normalized spacial score (nSPS) is 14.0. The fourth-order valence-electron chi connectivity index (χ4n) is 1.78. The molecule has 0 fully saturated rings. The molecular weight excluding hydrogens is 358 g/mol. The molecule has 0 aliphatic rings. The monoisotopic (exact) mass is 375 g/mol. The Hall–Kier alpha value is -0.670. The maximum atomic E-state index is 12.7. The summed E-state index contributed by atoms with van der Waals surface area (Å²) < 4.78 is 56.4. The summed E-state index contributed by atoms with van der Waals surface area (Å²) >= 11 is 3.39. The molecule has 4 nitrogen and oxygen atoms in total. The summed E-state index contributed by atoms with van der Waals surface area (Å²) in [5, 5.41) is 4.28. The van der Waals surface area contributed by atoms with Crippen LogP contribution >= 0.6 is 15.9 Å². The van der Waals surface area contributed by atoms with Crippen molar-refractivity contribution in [1.82, 2.24) is 9.78 Å². The van der Waals surface area contributed by atoms with Crippen LogP contribution in [0.3, 0.4) is 0 Å². The number of rotatable bonds is 8. The minimum absolute atomic E-state index is 0.233. The van der Waals surface area contributed by atoms with Crippen LogP contribution in [-0.2, 0) is 17.7 Å². The molecule has 0 spiro atoms. The lowest BCUT2D eigenvalue weighted by Crippen LogP contribution is -2.36. The first-order valence-electron chi connectivity index (χ1n) is 6.40. The SMILES string of the molecule is CCn1nc(C)c(Br)c1CC(N)COCC(F)(F)C(F)F. The molecule has 0 amide bonds. The fourth-order valence-corrected chi connectivity index (χ4v) is 2.23. The zero-order valence-corrected chi connectivity index (χ0v) is 13.3. The Labute approximate surface area is 128 Å². The van der Waals surface area contributed by atoms with Gasteiger partial charge >= 0.3 is 12.3 Å². The predicted octanol–water partition coefficient (Wildman–Crippen LogP) is 2.76. The highest BCUT2D eigenvalue weighted by molar-refractivity contribution is 9.10. The van der Waals surface area contributed by atoms with Gasteiger partial charge < -0.3 is 10.5 Å². The third-order valence-electron chi connectivity index (χ3n) is 2.85. The van der Waals surface area contributed by atoms with Crippen LogP contribution in [0, 0.1) is 6.92 Å². The average molecular weight is 376 g/mol. The van der Waals surface area contributed by atoms with Gasteiger partial charge in [0.1, 0.15) is 6.61 Å². The number of nitrogens with two attached hydrogens (primary N) is 1. The fraction of sp³-hybridized carbons (Fsp3) is 0.750. The molecule has 2 N–H and O–H groups in total. The second kappa shape index (κ2) is 7.55. The summed E-state index contributed by atoms with van der Waals surface area (Å²) in [6.07, 6.45) is -3.40. The maximum Gasteiger partial charge on any atom is 0.330 e. The van der Waals surface area contributed by atoms with E-state index < -0.39 is 25.0 Å². The van der Waals surface area contributed by atoms with E-state index in [4.69, 9.17) is 5.73 Å². The van der Waals surface area contributed by atoms with Crippen LogP contribution in [0.1, 0.15) is 18.3 Å². The highest BCUT2D eigenvalue weighted by Crippen LogP contribution is 2.24. The van der Waals surface area contributed by atoms with E-state index >= 15 is 0 Å². The molecule has 21 heavy (non-hydrogen) atoms. The summed E-state index contributed by atoms with van der Waals surface area (Å²) in [5.74, 6) is -4.15. The van der Waals surface area contributed by atoms with E-state index in [0.29, 0.717) is 13.0 Å². The molecule has 0 aliphatic carbocycles. The molecule has 0 bridgehead atoms. The van der Waals surface area contributed by atoms with E-state index in [-0.39, 0.29) is 6.61 Å². The van der Waals surface area contributed by atoms with E-state index in [1.165, 1.54) is 0 Å². The topological polar surface area (TPSA) is 53.1 Å². The first-order chi connectivity index (χ1) is 9.69. The van der Waals surface area contributed by atoms with Crippen molar-refractivity contribution in [3.63, 3.8) is 0 Å². The molecule has 1 unspecified atom stereocenters. The zero-order valence-electron chi connectivity index (χ0n) is 11.8. The van der Waals surface area contributed by atoms with Crippen molar-refractivity contribution in [2.24, 2.45) is 5.73 Å².